The maximum atomic E-state index is 11.9. The number of amides is 2. The standard InChI is InChI=1S/C12H11N5O5S/c1-6(18)14-9-10(17-22-16-9)15-8(19)5-23-11-7(12(20)21)3-2-4-13-11/h2-4H,5H2,1H3,(H,20,21)(H,14,16,18)(H,15,17,19). The molecular weight excluding hydrogens is 326 g/mol. The molecule has 11 heteroatoms. The molecule has 2 aromatic rings. The number of aromatic nitrogens is 3. The first-order chi connectivity index (χ1) is 11.0. The lowest BCUT2D eigenvalue weighted by Crippen LogP contribution is -2.17. The van der Waals surface area contributed by atoms with Gasteiger partial charge in [-0.3, -0.25) is 9.59 Å². The van der Waals surface area contributed by atoms with Crippen molar-refractivity contribution in [2.24, 2.45) is 0 Å². The molecule has 0 spiro atoms. The van der Waals surface area contributed by atoms with E-state index in [1.165, 1.54) is 25.3 Å². The molecule has 10 nitrogen and oxygen atoms in total. The van der Waals surface area contributed by atoms with E-state index in [0.717, 1.165) is 11.8 Å². The Labute approximate surface area is 133 Å². The number of thioether (sulfide) groups is 1. The van der Waals surface area contributed by atoms with Crippen LogP contribution in [-0.4, -0.2) is 43.9 Å². The summed E-state index contributed by atoms with van der Waals surface area (Å²) in [6, 6.07) is 2.89. The second kappa shape index (κ2) is 7.35. The number of anilines is 2. The van der Waals surface area contributed by atoms with Crippen molar-refractivity contribution in [1.29, 1.82) is 0 Å². The lowest BCUT2D eigenvalue weighted by atomic mass is 10.3. The molecule has 2 rings (SSSR count). The highest BCUT2D eigenvalue weighted by atomic mass is 32.2. The first kappa shape index (κ1) is 16.4. The Morgan fingerprint density at radius 1 is 1.26 bits per heavy atom. The van der Waals surface area contributed by atoms with Crippen LogP contribution in [0.4, 0.5) is 11.6 Å². The quantitative estimate of drug-likeness (QED) is 0.652. The molecule has 120 valence electrons. The Balaban J connectivity index is 1.97. The first-order valence-corrected chi connectivity index (χ1v) is 7.17. The summed E-state index contributed by atoms with van der Waals surface area (Å²) in [6.07, 6.45) is 1.43. The number of nitrogens with zero attached hydrogens (tertiary/aromatic N) is 3. The summed E-state index contributed by atoms with van der Waals surface area (Å²) in [5.41, 5.74) is 0.00679. The molecule has 0 aliphatic rings. The van der Waals surface area contributed by atoms with Gasteiger partial charge < -0.3 is 15.7 Å². The van der Waals surface area contributed by atoms with Gasteiger partial charge in [-0.2, -0.15) is 0 Å². The molecule has 2 aromatic heterocycles. The van der Waals surface area contributed by atoms with Crippen LogP contribution in [0.5, 0.6) is 0 Å². The molecular formula is C12H11N5O5S. The van der Waals surface area contributed by atoms with Gasteiger partial charge >= 0.3 is 5.97 Å². The van der Waals surface area contributed by atoms with Gasteiger partial charge in [0, 0.05) is 13.1 Å². The number of nitrogens with one attached hydrogen (secondary N) is 2. The van der Waals surface area contributed by atoms with Crippen LogP contribution < -0.4 is 10.6 Å². The molecule has 2 amide bonds. The van der Waals surface area contributed by atoms with E-state index in [-0.39, 0.29) is 28.0 Å². The van der Waals surface area contributed by atoms with Crippen molar-refractivity contribution in [3.05, 3.63) is 23.9 Å². The van der Waals surface area contributed by atoms with E-state index in [1.54, 1.807) is 0 Å². The second-order valence-corrected chi connectivity index (χ2v) is 5.10. The normalized spacial score (nSPS) is 10.1. The summed E-state index contributed by atoms with van der Waals surface area (Å²) >= 11 is 0.955. The Morgan fingerprint density at radius 3 is 2.61 bits per heavy atom. The summed E-state index contributed by atoms with van der Waals surface area (Å²) in [7, 11) is 0. The number of carboxylic acid groups (broad SMARTS) is 1. The van der Waals surface area contributed by atoms with Gasteiger partial charge in [0.05, 0.1) is 11.3 Å². The van der Waals surface area contributed by atoms with Crippen LogP contribution in [0.25, 0.3) is 0 Å². The summed E-state index contributed by atoms with van der Waals surface area (Å²) in [5.74, 6) is -2.17. The molecule has 0 saturated heterocycles. The molecule has 2 heterocycles. The summed E-state index contributed by atoms with van der Waals surface area (Å²) in [5, 5.41) is 20.9. The molecule has 0 aromatic carbocycles. The predicted octanol–water partition coefficient (Wildman–Crippen LogP) is 0.852. The highest BCUT2D eigenvalue weighted by Gasteiger charge is 2.16. The van der Waals surface area contributed by atoms with Crippen molar-refractivity contribution >= 4 is 41.2 Å². The highest BCUT2D eigenvalue weighted by molar-refractivity contribution is 8.00. The van der Waals surface area contributed by atoms with Crippen LogP contribution >= 0.6 is 11.8 Å². The van der Waals surface area contributed by atoms with Gasteiger partial charge in [-0.25, -0.2) is 14.4 Å². The van der Waals surface area contributed by atoms with Crippen molar-refractivity contribution in [2.45, 2.75) is 11.9 Å². The van der Waals surface area contributed by atoms with E-state index in [0.29, 0.717) is 0 Å². The van der Waals surface area contributed by atoms with Crippen LogP contribution in [0, 0.1) is 0 Å². The molecule has 0 aliphatic carbocycles. The number of carbonyl (C=O) groups is 3. The van der Waals surface area contributed by atoms with Crippen LogP contribution in [0.15, 0.2) is 28.0 Å². The third-order valence-corrected chi connectivity index (χ3v) is 3.39. The largest absolute Gasteiger partial charge is 0.478 e. The minimum absolute atomic E-state index is 0.00679. The number of pyridine rings is 1. The molecule has 0 bridgehead atoms. The lowest BCUT2D eigenvalue weighted by Gasteiger charge is -2.05. The SMILES string of the molecule is CC(=O)Nc1nonc1NC(=O)CSc1ncccc1C(=O)O. The summed E-state index contributed by atoms with van der Waals surface area (Å²) in [6.45, 7) is 1.27. The van der Waals surface area contributed by atoms with Crippen LogP contribution in [0.2, 0.25) is 0 Å². The molecule has 0 aliphatic heterocycles. The van der Waals surface area contributed by atoms with Crippen molar-refractivity contribution in [2.75, 3.05) is 16.4 Å². The van der Waals surface area contributed by atoms with Crippen LogP contribution in [0.1, 0.15) is 17.3 Å². The van der Waals surface area contributed by atoms with Gasteiger partial charge in [0.1, 0.15) is 5.03 Å². The third-order valence-electron chi connectivity index (χ3n) is 2.38. The predicted molar refractivity (Wildman–Crippen MR) is 79.2 cm³/mol. The topological polar surface area (TPSA) is 147 Å². The van der Waals surface area contributed by atoms with Crippen molar-refractivity contribution in [1.82, 2.24) is 15.3 Å². The van der Waals surface area contributed by atoms with Gasteiger partial charge in [-0.15, -0.1) is 0 Å². The first-order valence-electron chi connectivity index (χ1n) is 6.18. The van der Waals surface area contributed by atoms with E-state index < -0.39 is 17.8 Å². The zero-order chi connectivity index (χ0) is 16.8. The van der Waals surface area contributed by atoms with Crippen LogP contribution in [-0.2, 0) is 9.59 Å². The fourth-order valence-electron chi connectivity index (χ4n) is 1.49. The van der Waals surface area contributed by atoms with Crippen molar-refractivity contribution in [3.63, 3.8) is 0 Å². The Bertz CT molecular complexity index is 747. The monoisotopic (exact) mass is 337 g/mol. The second-order valence-electron chi connectivity index (χ2n) is 4.14. The summed E-state index contributed by atoms with van der Waals surface area (Å²) < 4.78 is 4.43. The molecule has 0 unspecified atom stereocenters. The number of aromatic carboxylic acids is 1. The highest BCUT2D eigenvalue weighted by Crippen LogP contribution is 2.21. The average molecular weight is 337 g/mol. The number of rotatable bonds is 6. The minimum atomic E-state index is -1.13. The molecule has 0 radical (unpaired) electrons. The van der Waals surface area contributed by atoms with Crippen molar-refractivity contribution < 1.29 is 24.1 Å². The number of carbonyl (C=O) groups excluding carboxylic acids is 2. The smallest absolute Gasteiger partial charge is 0.338 e. The molecule has 0 fully saturated rings. The van der Waals surface area contributed by atoms with Gasteiger partial charge in [-0.1, -0.05) is 11.8 Å². The van der Waals surface area contributed by atoms with E-state index in [9.17, 15) is 14.4 Å². The number of hydrogen-bond donors (Lipinski definition) is 3. The van der Waals surface area contributed by atoms with Gasteiger partial charge in [-0.05, 0) is 22.4 Å². The maximum absolute atomic E-state index is 11.9. The third kappa shape index (κ3) is 4.51. The van der Waals surface area contributed by atoms with Crippen LogP contribution in [0.3, 0.4) is 0 Å². The molecule has 0 atom stereocenters. The van der Waals surface area contributed by atoms with E-state index >= 15 is 0 Å². The van der Waals surface area contributed by atoms with E-state index in [2.05, 4.69) is 30.6 Å². The van der Waals surface area contributed by atoms with E-state index in [1.807, 2.05) is 0 Å². The van der Waals surface area contributed by atoms with Gasteiger partial charge in [0.25, 0.3) is 0 Å². The molecule has 23 heavy (non-hydrogen) atoms. The zero-order valence-electron chi connectivity index (χ0n) is 11.8. The number of carboxylic acids is 1. The lowest BCUT2D eigenvalue weighted by molar-refractivity contribution is -0.115. The van der Waals surface area contributed by atoms with Gasteiger partial charge in [0.2, 0.25) is 23.5 Å². The molecule has 0 saturated carbocycles. The molecule has 3 N–H and O–H groups in total. The van der Waals surface area contributed by atoms with Gasteiger partial charge in [0.15, 0.2) is 0 Å². The Hall–Kier alpha value is -2.95. The fraction of sp³-hybridized carbons (Fsp3) is 0.167. The maximum Gasteiger partial charge on any atom is 0.338 e. The fourth-order valence-corrected chi connectivity index (χ4v) is 2.28. The Kier molecular flexibility index (Phi) is 5.25. The van der Waals surface area contributed by atoms with E-state index in [4.69, 9.17) is 5.11 Å². The zero-order valence-corrected chi connectivity index (χ0v) is 12.6. The number of hydrogen-bond acceptors (Lipinski definition) is 8. The summed E-state index contributed by atoms with van der Waals surface area (Å²) in [4.78, 5) is 37.8. The Morgan fingerprint density at radius 2 is 1.96 bits per heavy atom. The average Bonchev–Trinajstić information content (AvgIpc) is 2.91. The van der Waals surface area contributed by atoms with Crippen molar-refractivity contribution in [3.8, 4) is 0 Å². The minimum Gasteiger partial charge on any atom is -0.478 e.